The molecule has 0 radical (unpaired) electrons. The lowest BCUT2D eigenvalue weighted by atomic mass is 10.1. The van der Waals surface area contributed by atoms with Gasteiger partial charge in [0.2, 0.25) is 0 Å². The molecule has 0 aliphatic heterocycles. The minimum Gasteiger partial charge on any atom is -0.445 e. The molecule has 0 saturated carbocycles. The third-order valence-corrected chi connectivity index (χ3v) is 6.25. The van der Waals surface area contributed by atoms with Gasteiger partial charge in [-0.2, -0.15) is 0 Å². The highest BCUT2D eigenvalue weighted by Gasteiger charge is 2.16. The predicted molar refractivity (Wildman–Crippen MR) is 121 cm³/mol. The highest BCUT2D eigenvalue weighted by molar-refractivity contribution is 7.85. The lowest BCUT2D eigenvalue weighted by Crippen LogP contribution is -2.32. The van der Waals surface area contributed by atoms with E-state index in [1.165, 1.54) is 24.3 Å². The van der Waals surface area contributed by atoms with E-state index in [0.29, 0.717) is 30.2 Å². The van der Waals surface area contributed by atoms with Gasteiger partial charge in [-0.1, -0.05) is 60.2 Å². The third-order valence-electron chi connectivity index (χ3n) is 4.79. The van der Waals surface area contributed by atoms with E-state index in [1.807, 2.05) is 61.5 Å². The Morgan fingerprint density at radius 2 is 1.61 bits per heavy atom. The van der Waals surface area contributed by atoms with Crippen LogP contribution >= 0.6 is 0 Å². The number of hydrogen-bond acceptors (Lipinski definition) is 3. The Balaban J connectivity index is 1.60. The molecule has 6 heteroatoms. The molecule has 0 fully saturated rings. The predicted octanol–water partition coefficient (Wildman–Crippen LogP) is 5.47. The number of halogens is 1. The van der Waals surface area contributed by atoms with Crippen LogP contribution < -0.4 is 0 Å². The summed E-state index contributed by atoms with van der Waals surface area (Å²) in [7, 11) is -1.25. The smallest absolute Gasteiger partial charge is 0.410 e. The first-order valence-corrected chi connectivity index (χ1v) is 11.5. The average molecular weight is 440 g/mol. The summed E-state index contributed by atoms with van der Waals surface area (Å²) in [5.41, 5.74) is 3.07. The first kappa shape index (κ1) is 22.7. The number of carbonyl (C=O) groups excluding carboxylic acids is 1. The van der Waals surface area contributed by atoms with Gasteiger partial charge in [-0.05, 0) is 48.7 Å². The fourth-order valence-electron chi connectivity index (χ4n) is 3.05. The summed E-state index contributed by atoms with van der Waals surface area (Å²) in [6.07, 6.45) is 0.132. The number of hydrogen-bond donors (Lipinski definition) is 0. The van der Waals surface area contributed by atoms with Crippen LogP contribution in [0.1, 0.15) is 23.1 Å². The van der Waals surface area contributed by atoms with E-state index < -0.39 is 16.9 Å². The normalized spacial score (nSPS) is 11.7. The van der Waals surface area contributed by atoms with Gasteiger partial charge in [-0.15, -0.1) is 0 Å². The van der Waals surface area contributed by atoms with Gasteiger partial charge in [0.05, 0.1) is 10.8 Å². The van der Waals surface area contributed by atoms with Crippen molar-refractivity contribution in [2.24, 2.45) is 0 Å². The Labute approximate surface area is 185 Å². The first-order chi connectivity index (χ1) is 15.0. The van der Waals surface area contributed by atoms with Gasteiger partial charge in [0, 0.05) is 23.7 Å². The summed E-state index contributed by atoms with van der Waals surface area (Å²) in [5.74, 6) is 0.0216. The molecule has 3 rings (SSSR count). The Morgan fingerprint density at radius 3 is 2.29 bits per heavy atom. The molecule has 4 nitrogen and oxygen atoms in total. The van der Waals surface area contributed by atoms with Crippen molar-refractivity contribution in [1.29, 1.82) is 0 Å². The molecule has 0 unspecified atom stereocenters. The fourth-order valence-corrected chi connectivity index (χ4v) is 4.12. The zero-order valence-corrected chi connectivity index (χ0v) is 18.3. The SMILES string of the molecule is Cc1ccc(CN(CCC[S@@](=O)c2ccc(F)cc2)C(=O)OCc2ccccc2)cc1. The monoisotopic (exact) mass is 439 g/mol. The van der Waals surface area contributed by atoms with Crippen LogP contribution in [0.25, 0.3) is 0 Å². The molecule has 31 heavy (non-hydrogen) atoms. The van der Waals surface area contributed by atoms with E-state index in [4.69, 9.17) is 4.74 Å². The van der Waals surface area contributed by atoms with Crippen molar-refractivity contribution in [2.45, 2.75) is 31.4 Å². The number of rotatable bonds is 9. The van der Waals surface area contributed by atoms with Crippen molar-refractivity contribution in [3.63, 3.8) is 0 Å². The number of nitrogens with zero attached hydrogens (tertiary/aromatic N) is 1. The molecule has 0 bridgehead atoms. The molecule has 0 N–H and O–H groups in total. The lowest BCUT2D eigenvalue weighted by Gasteiger charge is -2.22. The number of aryl methyl sites for hydroxylation is 1. The van der Waals surface area contributed by atoms with E-state index in [1.54, 1.807) is 4.90 Å². The molecule has 0 aliphatic rings. The molecule has 162 valence electrons. The fraction of sp³-hybridized carbons (Fsp3) is 0.240. The van der Waals surface area contributed by atoms with Gasteiger partial charge in [0.1, 0.15) is 12.4 Å². The molecule has 0 spiro atoms. The molecule has 1 atom stereocenters. The van der Waals surface area contributed by atoms with Crippen molar-refractivity contribution >= 4 is 16.9 Å². The molecular formula is C25H26FNO3S. The maximum Gasteiger partial charge on any atom is 0.410 e. The summed E-state index contributed by atoms with van der Waals surface area (Å²) in [6.45, 7) is 3.04. The number of benzene rings is 3. The van der Waals surface area contributed by atoms with Gasteiger partial charge in [0.15, 0.2) is 0 Å². The van der Waals surface area contributed by atoms with E-state index in [9.17, 15) is 13.4 Å². The van der Waals surface area contributed by atoms with Crippen LogP contribution in [0.3, 0.4) is 0 Å². The van der Waals surface area contributed by atoms with Gasteiger partial charge in [-0.25, -0.2) is 9.18 Å². The van der Waals surface area contributed by atoms with E-state index in [0.717, 1.165) is 16.7 Å². The van der Waals surface area contributed by atoms with Crippen LogP contribution in [0.5, 0.6) is 0 Å². The molecule has 1 amide bonds. The van der Waals surface area contributed by atoms with Gasteiger partial charge in [-0.3, -0.25) is 4.21 Å². The maximum atomic E-state index is 13.1. The largest absolute Gasteiger partial charge is 0.445 e. The van der Waals surface area contributed by atoms with Crippen LogP contribution in [-0.4, -0.2) is 27.5 Å². The van der Waals surface area contributed by atoms with Crippen LogP contribution in [0.15, 0.2) is 83.8 Å². The molecular weight excluding hydrogens is 413 g/mol. The van der Waals surface area contributed by atoms with Crippen molar-refractivity contribution in [2.75, 3.05) is 12.3 Å². The van der Waals surface area contributed by atoms with Crippen molar-refractivity contribution < 1.29 is 18.1 Å². The third kappa shape index (κ3) is 7.33. The Bertz CT molecular complexity index is 992. The second kappa shape index (κ2) is 11.4. The average Bonchev–Trinajstić information content (AvgIpc) is 2.79. The molecule has 3 aromatic rings. The summed E-state index contributed by atoms with van der Waals surface area (Å²) in [5, 5.41) is 0. The van der Waals surface area contributed by atoms with Crippen LogP contribution in [0.2, 0.25) is 0 Å². The lowest BCUT2D eigenvalue weighted by molar-refractivity contribution is 0.0937. The zero-order valence-electron chi connectivity index (χ0n) is 17.5. The quantitative estimate of drug-likeness (QED) is 0.444. The minimum atomic E-state index is -1.25. The van der Waals surface area contributed by atoms with E-state index >= 15 is 0 Å². The van der Waals surface area contributed by atoms with E-state index in [-0.39, 0.29) is 12.4 Å². The molecule has 0 aromatic heterocycles. The van der Waals surface area contributed by atoms with Gasteiger partial charge in [0.25, 0.3) is 0 Å². The molecule has 3 aromatic carbocycles. The highest BCUT2D eigenvalue weighted by atomic mass is 32.2. The Morgan fingerprint density at radius 1 is 0.935 bits per heavy atom. The summed E-state index contributed by atoms with van der Waals surface area (Å²) in [6, 6.07) is 23.2. The minimum absolute atomic E-state index is 0.200. The second-order valence-electron chi connectivity index (χ2n) is 7.30. The standard InChI is InChI=1S/C25H26FNO3S/c1-20-8-10-21(11-9-20)18-27(25(28)30-19-22-6-3-2-4-7-22)16-5-17-31(29)24-14-12-23(26)13-15-24/h2-4,6-15H,5,16-19H2,1H3/t31-/m1/s1. The van der Waals surface area contributed by atoms with E-state index in [2.05, 4.69) is 0 Å². The van der Waals surface area contributed by atoms with Crippen LogP contribution in [0, 0.1) is 12.7 Å². The second-order valence-corrected chi connectivity index (χ2v) is 8.88. The topological polar surface area (TPSA) is 46.6 Å². The maximum absolute atomic E-state index is 13.1. The van der Waals surface area contributed by atoms with Crippen molar-refractivity contribution in [3.05, 3.63) is 101 Å². The molecule has 0 heterocycles. The molecule has 0 aliphatic carbocycles. The van der Waals surface area contributed by atoms with Crippen molar-refractivity contribution in [1.82, 2.24) is 4.90 Å². The van der Waals surface area contributed by atoms with Crippen LogP contribution in [0.4, 0.5) is 9.18 Å². The zero-order chi connectivity index (χ0) is 22.1. The Hall–Kier alpha value is -2.99. The number of carbonyl (C=O) groups is 1. The Kier molecular flexibility index (Phi) is 8.35. The molecule has 0 saturated heterocycles. The first-order valence-electron chi connectivity index (χ1n) is 10.2. The summed E-state index contributed by atoms with van der Waals surface area (Å²) >= 11 is 0. The number of amides is 1. The van der Waals surface area contributed by atoms with Gasteiger partial charge >= 0.3 is 6.09 Å². The van der Waals surface area contributed by atoms with Gasteiger partial charge < -0.3 is 9.64 Å². The highest BCUT2D eigenvalue weighted by Crippen LogP contribution is 2.13. The summed E-state index contributed by atoms with van der Waals surface area (Å²) < 4.78 is 31.0. The van der Waals surface area contributed by atoms with Crippen LogP contribution in [-0.2, 0) is 28.7 Å². The van der Waals surface area contributed by atoms with Crippen molar-refractivity contribution in [3.8, 4) is 0 Å². The number of ether oxygens (including phenoxy) is 1. The summed E-state index contributed by atoms with van der Waals surface area (Å²) in [4.78, 5) is 15.0.